The summed E-state index contributed by atoms with van der Waals surface area (Å²) in [6.45, 7) is 3.74. The van der Waals surface area contributed by atoms with Gasteiger partial charge in [0.25, 0.3) is 0 Å². The Kier molecular flexibility index (Phi) is 3.60. The van der Waals surface area contributed by atoms with Crippen LogP contribution in [0.1, 0.15) is 12.0 Å². The summed E-state index contributed by atoms with van der Waals surface area (Å²) in [7, 11) is -3.05. The van der Waals surface area contributed by atoms with Crippen molar-refractivity contribution in [2.24, 2.45) is 0 Å². The van der Waals surface area contributed by atoms with Crippen LogP contribution < -0.4 is 10.2 Å². The minimum absolute atomic E-state index is 0.578. The SMILES string of the molecule is CS(=O)(=O)N1CCN(c2ccc3c(c2)CCCN3)CC1. The minimum atomic E-state index is -3.05. The van der Waals surface area contributed by atoms with Crippen molar-refractivity contribution in [3.63, 3.8) is 0 Å². The molecule has 0 atom stereocenters. The molecule has 2 heterocycles. The number of aryl methyl sites for hydroxylation is 1. The van der Waals surface area contributed by atoms with Crippen LogP contribution >= 0.6 is 0 Å². The van der Waals surface area contributed by atoms with E-state index in [1.807, 2.05) is 0 Å². The molecule has 0 radical (unpaired) electrons. The normalized spacial score (nSPS) is 20.4. The van der Waals surface area contributed by atoms with Gasteiger partial charge in [-0.3, -0.25) is 0 Å². The van der Waals surface area contributed by atoms with E-state index in [-0.39, 0.29) is 0 Å². The van der Waals surface area contributed by atoms with Crippen molar-refractivity contribution in [1.82, 2.24) is 4.31 Å². The maximum absolute atomic E-state index is 11.5. The summed E-state index contributed by atoms with van der Waals surface area (Å²) in [5.74, 6) is 0. The van der Waals surface area contributed by atoms with Crippen molar-refractivity contribution in [1.29, 1.82) is 0 Å². The molecule has 0 unspecified atom stereocenters. The summed E-state index contributed by atoms with van der Waals surface area (Å²) < 4.78 is 24.6. The number of rotatable bonds is 2. The molecular weight excluding hydrogens is 274 g/mol. The van der Waals surface area contributed by atoms with Crippen LogP contribution in [0.3, 0.4) is 0 Å². The second-order valence-corrected chi connectivity index (χ2v) is 7.50. The van der Waals surface area contributed by atoms with Crippen molar-refractivity contribution in [2.45, 2.75) is 12.8 Å². The van der Waals surface area contributed by atoms with E-state index in [1.165, 1.54) is 29.6 Å². The van der Waals surface area contributed by atoms with Gasteiger partial charge in [-0.05, 0) is 36.6 Å². The Morgan fingerprint density at radius 3 is 2.60 bits per heavy atom. The van der Waals surface area contributed by atoms with Crippen molar-refractivity contribution in [3.05, 3.63) is 23.8 Å². The van der Waals surface area contributed by atoms with E-state index < -0.39 is 10.0 Å². The molecule has 1 saturated heterocycles. The lowest BCUT2D eigenvalue weighted by atomic mass is 10.0. The number of sulfonamides is 1. The second kappa shape index (κ2) is 5.26. The van der Waals surface area contributed by atoms with E-state index in [0.717, 1.165) is 26.1 Å². The molecule has 0 spiro atoms. The first-order valence-electron chi connectivity index (χ1n) is 7.11. The predicted octanol–water partition coefficient (Wildman–Crippen LogP) is 1.13. The molecule has 6 heteroatoms. The Hall–Kier alpha value is -1.27. The third kappa shape index (κ3) is 2.76. The fraction of sp³-hybridized carbons (Fsp3) is 0.571. The van der Waals surface area contributed by atoms with Crippen LogP contribution in [0.15, 0.2) is 18.2 Å². The van der Waals surface area contributed by atoms with Crippen LogP contribution in [0.4, 0.5) is 11.4 Å². The van der Waals surface area contributed by atoms with Gasteiger partial charge in [-0.15, -0.1) is 0 Å². The van der Waals surface area contributed by atoms with Crippen molar-refractivity contribution in [2.75, 3.05) is 49.2 Å². The Morgan fingerprint density at radius 2 is 1.90 bits per heavy atom. The Morgan fingerprint density at radius 1 is 1.15 bits per heavy atom. The monoisotopic (exact) mass is 295 g/mol. The zero-order valence-electron chi connectivity index (χ0n) is 11.8. The molecule has 3 rings (SSSR count). The van der Waals surface area contributed by atoms with Gasteiger partial charge in [0.15, 0.2) is 0 Å². The molecular formula is C14H21N3O2S. The number of benzene rings is 1. The molecule has 1 aromatic rings. The predicted molar refractivity (Wildman–Crippen MR) is 81.9 cm³/mol. The second-order valence-electron chi connectivity index (χ2n) is 5.52. The van der Waals surface area contributed by atoms with Crippen LogP contribution in [0, 0.1) is 0 Å². The number of piperazine rings is 1. The average Bonchev–Trinajstić information content (AvgIpc) is 2.46. The third-order valence-corrected chi connectivity index (χ3v) is 5.40. The Balaban J connectivity index is 1.72. The molecule has 2 aliphatic rings. The van der Waals surface area contributed by atoms with E-state index >= 15 is 0 Å². The maximum atomic E-state index is 11.5. The first-order chi connectivity index (χ1) is 9.54. The van der Waals surface area contributed by atoms with Crippen molar-refractivity contribution in [3.8, 4) is 0 Å². The van der Waals surface area contributed by atoms with Gasteiger partial charge < -0.3 is 10.2 Å². The highest BCUT2D eigenvalue weighted by molar-refractivity contribution is 7.88. The topological polar surface area (TPSA) is 52.7 Å². The lowest BCUT2D eigenvalue weighted by Crippen LogP contribution is -2.48. The highest BCUT2D eigenvalue weighted by Crippen LogP contribution is 2.27. The van der Waals surface area contributed by atoms with Crippen molar-refractivity contribution >= 4 is 21.4 Å². The van der Waals surface area contributed by atoms with Gasteiger partial charge in [-0.1, -0.05) is 0 Å². The summed E-state index contributed by atoms with van der Waals surface area (Å²) in [6.07, 6.45) is 3.59. The van der Waals surface area contributed by atoms with E-state index in [4.69, 9.17) is 0 Å². The van der Waals surface area contributed by atoms with E-state index in [9.17, 15) is 8.42 Å². The van der Waals surface area contributed by atoms with Gasteiger partial charge in [0.05, 0.1) is 6.26 Å². The van der Waals surface area contributed by atoms with E-state index in [0.29, 0.717) is 13.1 Å². The molecule has 0 amide bonds. The molecule has 1 fully saturated rings. The Bertz CT molecular complexity index is 592. The molecule has 0 saturated carbocycles. The summed E-state index contributed by atoms with van der Waals surface area (Å²) in [4.78, 5) is 2.27. The molecule has 110 valence electrons. The van der Waals surface area contributed by atoms with Gasteiger partial charge in [-0.25, -0.2) is 8.42 Å². The largest absolute Gasteiger partial charge is 0.385 e. The molecule has 0 aliphatic carbocycles. The molecule has 5 nitrogen and oxygen atoms in total. The number of fused-ring (bicyclic) bond motifs is 1. The van der Waals surface area contributed by atoms with Gasteiger partial charge >= 0.3 is 0 Å². The van der Waals surface area contributed by atoms with Crippen LogP contribution in [-0.2, 0) is 16.4 Å². The zero-order chi connectivity index (χ0) is 14.2. The quantitative estimate of drug-likeness (QED) is 0.888. The molecule has 1 aromatic carbocycles. The number of anilines is 2. The van der Waals surface area contributed by atoms with E-state index in [1.54, 1.807) is 4.31 Å². The van der Waals surface area contributed by atoms with Gasteiger partial charge in [0.1, 0.15) is 0 Å². The zero-order valence-corrected chi connectivity index (χ0v) is 12.6. The number of nitrogens with one attached hydrogen (secondary N) is 1. The van der Waals surface area contributed by atoms with Crippen molar-refractivity contribution < 1.29 is 8.42 Å². The fourth-order valence-electron chi connectivity index (χ4n) is 2.94. The van der Waals surface area contributed by atoms with Crippen LogP contribution in [0.2, 0.25) is 0 Å². The standard InChI is InChI=1S/C14H21N3O2S/c1-20(18,19)17-9-7-16(8-10-17)13-4-5-14-12(11-13)3-2-6-15-14/h4-5,11,15H,2-3,6-10H2,1H3. The Labute approximate surface area is 120 Å². The number of nitrogens with zero attached hydrogens (tertiary/aromatic N) is 2. The highest BCUT2D eigenvalue weighted by atomic mass is 32.2. The molecule has 20 heavy (non-hydrogen) atoms. The fourth-order valence-corrected chi connectivity index (χ4v) is 3.76. The van der Waals surface area contributed by atoms with Gasteiger partial charge in [-0.2, -0.15) is 4.31 Å². The third-order valence-electron chi connectivity index (χ3n) is 4.10. The molecule has 0 aromatic heterocycles. The van der Waals surface area contributed by atoms with Gasteiger partial charge in [0, 0.05) is 44.1 Å². The molecule has 2 aliphatic heterocycles. The molecule has 0 bridgehead atoms. The molecule has 1 N–H and O–H groups in total. The summed E-state index contributed by atoms with van der Waals surface area (Å²) in [5.41, 5.74) is 3.83. The van der Waals surface area contributed by atoms with Gasteiger partial charge in [0.2, 0.25) is 10.0 Å². The van der Waals surface area contributed by atoms with Crippen LogP contribution in [0.5, 0.6) is 0 Å². The lowest BCUT2D eigenvalue weighted by Gasteiger charge is -2.35. The smallest absolute Gasteiger partial charge is 0.211 e. The number of hydrogen-bond donors (Lipinski definition) is 1. The van der Waals surface area contributed by atoms with Crippen LogP contribution in [0.25, 0.3) is 0 Å². The summed E-state index contributed by atoms with van der Waals surface area (Å²) in [6, 6.07) is 6.53. The number of hydrogen-bond acceptors (Lipinski definition) is 4. The summed E-state index contributed by atoms with van der Waals surface area (Å²) in [5, 5.41) is 3.41. The maximum Gasteiger partial charge on any atom is 0.211 e. The average molecular weight is 295 g/mol. The highest BCUT2D eigenvalue weighted by Gasteiger charge is 2.23. The first-order valence-corrected chi connectivity index (χ1v) is 8.96. The first kappa shape index (κ1) is 13.7. The van der Waals surface area contributed by atoms with E-state index in [2.05, 4.69) is 28.4 Å². The minimum Gasteiger partial charge on any atom is -0.385 e. The lowest BCUT2D eigenvalue weighted by molar-refractivity contribution is 0.388. The summed E-state index contributed by atoms with van der Waals surface area (Å²) >= 11 is 0. The van der Waals surface area contributed by atoms with Crippen LogP contribution in [-0.4, -0.2) is 51.7 Å².